The summed E-state index contributed by atoms with van der Waals surface area (Å²) in [5.41, 5.74) is 2.07. The van der Waals surface area contributed by atoms with E-state index in [2.05, 4.69) is 32.2 Å². The summed E-state index contributed by atoms with van der Waals surface area (Å²) >= 11 is 0. The minimum Gasteiger partial charge on any atom is -0.308 e. The van der Waals surface area contributed by atoms with Crippen LogP contribution in [0.5, 0.6) is 0 Å². The van der Waals surface area contributed by atoms with Crippen molar-refractivity contribution in [2.24, 2.45) is 0 Å². The summed E-state index contributed by atoms with van der Waals surface area (Å²) in [7, 11) is 0. The molecule has 17 heavy (non-hydrogen) atoms. The van der Waals surface area contributed by atoms with Gasteiger partial charge in [-0.15, -0.1) is 0 Å². The van der Waals surface area contributed by atoms with Crippen molar-refractivity contribution in [1.29, 1.82) is 0 Å². The van der Waals surface area contributed by atoms with E-state index in [4.69, 9.17) is 0 Å². The molecule has 2 heteroatoms. The summed E-state index contributed by atoms with van der Waals surface area (Å²) < 4.78 is 13.4. The molecule has 0 aliphatic carbocycles. The molecule has 0 heterocycles. The highest BCUT2D eigenvalue weighted by Gasteiger charge is 2.13. The van der Waals surface area contributed by atoms with Crippen LogP contribution in [0, 0.1) is 12.7 Å². The lowest BCUT2D eigenvalue weighted by Crippen LogP contribution is -2.28. The van der Waals surface area contributed by atoms with Crippen LogP contribution in [-0.4, -0.2) is 6.04 Å². The van der Waals surface area contributed by atoms with Crippen LogP contribution in [0.4, 0.5) is 4.39 Å². The molecule has 1 N–H and O–H groups in total. The Hall–Kier alpha value is -0.890. The van der Waals surface area contributed by atoms with Crippen LogP contribution in [0.1, 0.15) is 57.2 Å². The molecule has 96 valence electrons. The molecule has 0 radical (unpaired) electrons. The molecule has 0 fully saturated rings. The molecule has 1 atom stereocenters. The number of rotatable bonds is 6. The second-order valence-electron chi connectivity index (χ2n) is 5.08. The Kier molecular flexibility index (Phi) is 5.63. The quantitative estimate of drug-likeness (QED) is 0.775. The highest BCUT2D eigenvalue weighted by molar-refractivity contribution is 5.26. The first-order valence-corrected chi connectivity index (χ1v) is 6.56. The van der Waals surface area contributed by atoms with Crippen LogP contribution in [-0.2, 0) is 0 Å². The average molecular weight is 237 g/mol. The molecule has 0 aromatic heterocycles. The van der Waals surface area contributed by atoms with Crippen LogP contribution in [0.25, 0.3) is 0 Å². The predicted octanol–water partition coefficient (Wildman–Crippen LogP) is 4.36. The topological polar surface area (TPSA) is 12.0 Å². The number of hydrogen-bond donors (Lipinski definition) is 1. The highest BCUT2D eigenvalue weighted by atomic mass is 19.1. The van der Waals surface area contributed by atoms with Crippen LogP contribution >= 0.6 is 0 Å². The van der Waals surface area contributed by atoms with E-state index in [1.54, 1.807) is 12.1 Å². The number of aryl methyl sites for hydroxylation is 1. The van der Waals surface area contributed by atoms with E-state index in [-0.39, 0.29) is 11.9 Å². The number of benzene rings is 1. The van der Waals surface area contributed by atoms with Crippen molar-refractivity contribution in [2.45, 2.75) is 59.0 Å². The van der Waals surface area contributed by atoms with Gasteiger partial charge in [0.25, 0.3) is 0 Å². The molecule has 1 aromatic carbocycles. The van der Waals surface area contributed by atoms with Crippen molar-refractivity contribution in [3.63, 3.8) is 0 Å². The van der Waals surface area contributed by atoms with Gasteiger partial charge in [0.05, 0.1) is 0 Å². The molecule has 1 nitrogen and oxygen atoms in total. The fourth-order valence-corrected chi connectivity index (χ4v) is 2.12. The first-order chi connectivity index (χ1) is 8.02. The molecule has 0 bridgehead atoms. The summed E-state index contributed by atoms with van der Waals surface area (Å²) in [6.45, 7) is 8.39. The third-order valence-electron chi connectivity index (χ3n) is 2.85. The Bertz CT molecular complexity index is 327. The standard InChI is InChI=1S/C15H24FN/c1-5-6-7-15(17-11(2)3)13-8-12(4)9-14(16)10-13/h8-11,15,17H,5-7H2,1-4H3. The van der Waals surface area contributed by atoms with Gasteiger partial charge in [-0.2, -0.15) is 0 Å². The molecular weight excluding hydrogens is 213 g/mol. The van der Waals surface area contributed by atoms with Crippen molar-refractivity contribution in [2.75, 3.05) is 0 Å². The van der Waals surface area contributed by atoms with Crippen molar-refractivity contribution in [3.05, 3.63) is 35.1 Å². The molecule has 0 amide bonds. The van der Waals surface area contributed by atoms with Gasteiger partial charge in [-0.3, -0.25) is 0 Å². The van der Waals surface area contributed by atoms with E-state index in [1.165, 1.54) is 12.8 Å². The lowest BCUT2D eigenvalue weighted by atomic mass is 9.98. The molecule has 0 saturated carbocycles. The minimum absolute atomic E-state index is 0.132. The van der Waals surface area contributed by atoms with Gasteiger partial charge < -0.3 is 5.32 Å². The predicted molar refractivity (Wildman–Crippen MR) is 71.7 cm³/mol. The summed E-state index contributed by atoms with van der Waals surface area (Å²) in [6, 6.07) is 6.00. The maximum Gasteiger partial charge on any atom is 0.123 e. The highest BCUT2D eigenvalue weighted by Crippen LogP contribution is 2.22. The first-order valence-electron chi connectivity index (χ1n) is 6.56. The average Bonchev–Trinajstić information content (AvgIpc) is 2.22. The summed E-state index contributed by atoms with van der Waals surface area (Å²) in [5.74, 6) is -0.132. The lowest BCUT2D eigenvalue weighted by molar-refractivity contribution is 0.438. The molecular formula is C15H24FN. The minimum atomic E-state index is -0.132. The zero-order chi connectivity index (χ0) is 12.8. The maximum absolute atomic E-state index is 13.4. The zero-order valence-electron chi connectivity index (χ0n) is 11.4. The van der Waals surface area contributed by atoms with Gasteiger partial charge in [-0.25, -0.2) is 4.39 Å². The first kappa shape index (κ1) is 14.2. The maximum atomic E-state index is 13.4. The molecule has 1 unspecified atom stereocenters. The molecule has 1 rings (SSSR count). The fraction of sp³-hybridized carbons (Fsp3) is 0.600. The van der Waals surface area contributed by atoms with Crippen molar-refractivity contribution < 1.29 is 4.39 Å². The molecule has 0 aliphatic heterocycles. The Morgan fingerprint density at radius 3 is 2.47 bits per heavy atom. The Labute approximate surface area is 104 Å². The van der Waals surface area contributed by atoms with E-state index in [1.807, 2.05) is 6.92 Å². The van der Waals surface area contributed by atoms with Gasteiger partial charge >= 0.3 is 0 Å². The van der Waals surface area contributed by atoms with Crippen LogP contribution in [0.2, 0.25) is 0 Å². The van der Waals surface area contributed by atoms with E-state index < -0.39 is 0 Å². The van der Waals surface area contributed by atoms with Crippen LogP contribution in [0.15, 0.2) is 18.2 Å². The zero-order valence-corrected chi connectivity index (χ0v) is 11.4. The van der Waals surface area contributed by atoms with E-state index in [0.29, 0.717) is 6.04 Å². The summed E-state index contributed by atoms with van der Waals surface area (Å²) in [4.78, 5) is 0. The van der Waals surface area contributed by atoms with E-state index >= 15 is 0 Å². The van der Waals surface area contributed by atoms with Gasteiger partial charge in [-0.05, 0) is 36.6 Å². The summed E-state index contributed by atoms with van der Waals surface area (Å²) in [6.07, 6.45) is 3.40. The third kappa shape index (κ3) is 4.86. The fourth-order valence-electron chi connectivity index (χ4n) is 2.12. The summed E-state index contributed by atoms with van der Waals surface area (Å²) in [5, 5.41) is 3.52. The van der Waals surface area contributed by atoms with Crippen LogP contribution < -0.4 is 5.32 Å². The molecule has 0 saturated heterocycles. The smallest absolute Gasteiger partial charge is 0.123 e. The van der Waals surface area contributed by atoms with Crippen molar-refractivity contribution in [3.8, 4) is 0 Å². The second-order valence-corrected chi connectivity index (χ2v) is 5.08. The van der Waals surface area contributed by atoms with Crippen molar-refractivity contribution in [1.82, 2.24) is 5.32 Å². The van der Waals surface area contributed by atoms with E-state index in [0.717, 1.165) is 17.5 Å². The van der Waals surface area contributed by atoms with E-state index in [9.17, 15) is 4.39 Å². The number of hydrogen-bond acceptors (Lipinski definition) is 1. The number of nitrogens with one attached hydrogen (secondary N) is 1. The van der Waals surface area contributed by atoms with Gasteiger partial charge in [0.15, 0.2) is 0 Å². The number of halogens is 1. The second kappa shape index (κ2) is 6.75. The van der Waals surface area contributed by atoms with Gasteiger partial charge in [0.1, 0.15) is 5.82 Å². The lowest BCUT2D eigenvalue weighted by Gasteiger charge is -2.22. The molecule has 1 aromatic rings. The van der Waals surface area contributed by atoms with Crippen LogP contribution in [0.3, 0.4) is 0 Å². The Morgan fingerprint density at radius 2 is 1.94 bits per heavy atom. The third-order valence-corrected chi connectivity index (χ3v) is 2.85. The SMILES string of the molecule is CCCCC(NC(C)C)c1cc(C)cc(F)c1. The normalized spacial score (nSPS) is 13.1. The molecule has 0 spiro atoms. The largest absolute Gasteiger partial charge is 0.308 e. The van der Waals surface area contributed by atoms with Gasteiger partial charge in [-0.1, -0.05) is 39.7 Å². The monoisotopic (exact) mass is 237 g/mol. The van der Waals surface area contributed by atoms with Gasteiger partial charge in [0.2, 0.25) is 0 Å². The Morgan fingerprint density at radius 1 is 1.24 bits per heavy atom. The Balaban J connectivity index is 2.86. The van der Waals surface area contributed by atoms with Crippen molar-refractivity contribution >= 4 is 0 Å². The molecule has 0 aliphatic rings. The number of unbranched alkanes of at least 4 members (excludes halogenated alkanes) is 1. The van der Waals surface area contributed by atoms with Gasteiger partial charge in [0, 0.05) is 12.1 Å².